The first kappa shape index (κ1) is 23.7. The van der Waals surface area contributed by atoms with Gasteiger partial charge in [0.15, 0.2) is 18.2 Å². The fraction of sp³-hybridized carbons (Fsp3) is 0.524. The zero-order valence-corrected chi connectivity index (χ0v) is 17.7. The number of benzene rings is 1. The molecule has 0 radical (unpaired) electrons. The number of aliphatic hydroxyl groups excluding tert-OH is 1. The molecule has 0 unspecified atom stereocenters. The van der Waals surface area contributed by atoms with E-state index in [4.69, 9.17) is 14.2 Å². The van der Waals surface area contributed by atoms with Gasteiger partial charge < -0.3 is 19.3 Å². The molecule has 9 heteroatoms. The fourth-order valence-electron chi connectivity index (χ4n) is 2.68. The first-order valence-corrected chi connectivity index (χ1v) is 9.56. The molecular weight excluding hydrogens is 394 g/mol. The third-order valence-corrected chi connectivity index (χ3v) is 4.29. The van der Waals surface area contributed by atoms with E-state index in [2.05, 4.69) is 0 Å². The summed E-state index contributed by atoms with van der Waals surface area (Å²) in [6.45, 7) is 8.31. The molecule has 9 nitrogen and oxygen atoms in total. The predicted molar refractivity (Wildman–Crippen MR) is 106 cm³/mol. The van der Waals surface area contributed by atoms with E-state index >= 15 is 0 Å². The van der Waals surface area contributed by atoms with Crippen molar-refractivity contribution in [1.82, 2.24) is 0 Å². The Balaban J connectivity index is 2.25. The van der Waals surface area contributed by atoms with Crippen LogP contribution in [0.5, 0.6) is 0 Å². The van der Waals surface area contributed by atoms with Crippen molar-refractivity contribution < 1.29 is 33.8 Å². The summed E-state index contributed by atoms with van der Waals surface area (Å²) in [7, 11) is 0. The Bertz CT molecular complexity index is 822. The average molecular weight is 421 g/mol. The Hall–Kier alpha value is -2.62. The summed E-state index contributed by atoms with van der Waals surface area (Å²) >= 11 is 0. The van der Waals surface area contributed by atoms with E-state index < -0.39 is 40.6 Å². The molecule has 0 saturated heterocycles. The molecule has 0 amide bonds. The van der Waals surface area contributed by atoms with Crippen molar-refractivity contribution in [2.45, 2.75) is 59.2 Å². The highest BCUT2D eigenvalue weighted by atomic mass is 16.7. The number of non-ortho nitro benzene ring substituents is 1. The molecule has 0 aliphatic carbocycles. The number of ketones is 1. The highest BCUT2D eigenvalue weighted by Gasteiger charge is 2.37. The van der Waals surface area contributed by atoms with Crippen molar-refractivity contribution >= 4 is 17.4 Å². The molecule has 1 aromatic carbocycles. The lowest BCUT2D eigenvalue weighted by atomic mass is 9.93. The van der Waals surface area contributed by atoms with E-state index in [0.29, 0.717) is 5.56 Å². The van der Waals surface area contributed by atoms with Crippen LogP contribution in [0.4, 0.5) is 5.69 Å². The van der Waals surface area contributed by atoms with Crippen LogP contribution >= 0.6 is 0 Å². The van der Waals surface area contributed by atoms with Gasteiger partial charge in [-0.2, -0.15) is 0 Å². The molecule has 1 aliphatic rings. The number of hydrogen-bond donors (Lipinski definition) is 1. The van der Waals surface area contributed by atoms with Gasteiger partial charge in [-0.05, 0) is 58.4 Å². The Morgan fingerprint density at radius 2 is 1.87 bits per heavy atom. The van der Waals surface area contributed by atoms with Crippen molar-refractivity contribution in [2.24, 2.45) is 5.41 Å². The molecule has 0 spiro atoms. The van der Waals surface area contributed by atoms with Crippen LogP contribution in [0.2, 0.25) is 0 Å². The molecule has 1 aliphatic heterocycles. The van der Waals surface area contributed by atoms with Crippen LogP contribution in [-0.4, -0.2) is 46.9 Å². The van der Waals surface area contributed by atoms with E-state index in [1.807, 2.05) is 0 Å². The second-order valence-corrected chi connectivity index (χ2v) is 8.26. The van der Waals surface area contributed by atoms with Gasteiger partial charge in [-0.15, -0.1) is 0 Å². The lowest BCUT2D eigenvalue weighted by Gasteiger charge is -2.31. The van der Waals surface area contributed by atoms with E-state index in [1.165, 1.54) is 30.3 Å². The van der Waals surface area contributed by atoms with Gasteiger partial charge in [0.2, 0.25) is 0 Å². The third-order valence-electron chi connectivity index (χ3n) is 4.29. The molecule has 0 bridgehead atoms. The number of carbonyl (C=O) groups excluding carboxylic acids is 2. The molecule has 3 atom stereocenters. The molecule has 30 heavy (non-hydrogen) atoms. The number of aliphatic hydroxyl groups is 1. The molecular formula is C21H27NO8. The zero-order chi connectivity index (χ0) is 22.6. The Morgan fingerprint density at radius 1 is 1.27 bits per heavy atom. The van der Waals surface area contributed by atoms with Crippen LogP contribution in [0.25, 0.3) is 0 Å². The molecule has 164 valence electrons. The number of nitrogens with zero attached hydrogens (tertiary/aromatic N) is 1. The minimum Gasteiger partial charge on any atom is -0.462 e. The monoisotopic (exact) mass is 421 g/mol. The number of esters is 1. The highest BCUT2D eigenvalue weighted by molar-refractivity contribution is 6.00. The summed E-state index contributed by atoms with van der Waals surface area (Å²) in [4.78, 5) is 35.2. The van der Waals surface area contributed by atoms with E-state index in [-0.39, 0.29) is 24.0 Å². The van der Waals surface area contributed by atoms with Gasteiger partial charge in [-0.3, -0.25) is 19.7 Å². The Morgan fingerprint density at radius 3 is 2.37 bits per heavy atom. The molecule has 0 fully saturated rings. The lowest BCUT2D eigenvalue weighted by molar-refractivity contribution is -0.384. The summed E-state index contributed by atoms with van der Waals surface area (Å²) in [6.07, 6.45) is -2.27. The summed E-state index contributed by atoms with van der Waals surface area (Å²) in [6, 6.07) is 5.24. The zero-order valence-electron chi connectivity index (χ0n) is 17.7. The second kappa shape index (κ2) is 9.46. The number of nitro benzene ring substituents is 1. The van der Waals surface area contributed by atoms with Crippen molar-refractivity contribution in [2.75, 3.05) is 6.61 Å². The Labute approximate surface area is 174 Å². The summed E-state index contributed by atoms with van der Waals surface area (Å²) < 4.78 is 16.5. The van der Waals surface area contributed by atoms with Crippen LogP contribution in [0, 0.1) is 15.5 Å². The number of rotatable bonds is 7. The van der Waals surface area contributed by atoms with Crippen LogP contribution in [-0.2, 0) is 23.8 Å². The summed E-state index contributed by atoms with van der Waals surface area (Å²) in [5, 5.41) is 21.6. The van der Waals surface area contributed by atoms with Gasteiger partial charge >= 0.3 is 5.97 Å². The summed E-state index contributed by atoms with van der Waals surface area (Å²) in [5.74, 6) is -1.04. The van der Waals surface area contributed by atoms with Gasteiger partial charge in [-0.1, -0.05) is 0 Å². The van der Waals surface area contributed by atoms with Crippen molar-refractivity contribution in [3.8, 4) is 0 Å². The van der Waals surface area contributed by atoms with Crippen LogP contribution in [0.15, 0.2) is 35.9 Å². The summed E-state index contributed by atoms with van der Waals surface area (Å²) in [5.41, 5.74) is -0.567. The minimum absolute atomic E-state index is 0.0116. The quantitative estimate of drug-likeness (QED) is 0.405. The van der Waals surface area contributed by atoms with Crippen molar-refractivity contribution in [1.29, 1.82) is 0 Å². The maximum atomic E-state index is 12.9. The predicted octanol–water partition coefficient (Wildman–Crippen LogP) is 2.86. The molecule has 1 N–H and O–H groups in total. The maximum Gasteiger partial charge on any atom is 0.311 e. The van der Waals surface area contributed by atoms with E-state index in [0.717, 1.165) is 0 Å². The number of hydrogen-bond acceptors (Lipinski definition) is 8. The van der Waals surface area contributed by atoms with Gasteiger partial charge in [-0.25, -0.2) is 0 Å². The normalized spacial score (nSPS) is 20.6. The smallest absolute Gasteiger partial charge is 0.311 e. The second-order valence-electron chi connectivity index (χ2n) is 8.26. The SMILES string of the molecule is CC(C)O[C@@H]1C=C([C@H](O)c2ccc([N+](=O)[O-])cc2)C(=O)[C@@H](COC(=O)C(C)(C)C)O1. The van der Waals surface area contributed by atoms with Crippen LogP contribution < -0.4 is 0 Å². The van der Waals surface area contributed by atoms with Crippen LogP contribution in [0.3, 0.4) is 0 Å². The molecule has 1 heterocycles. The van der Waals surface area contributed by atoms with Crippen molar-refractivity contribution in [3.63, 3.8) is 0 Å². The molecule has 1 aromatic rings. The van der Waals surface area contributed by atoms with E-state index in [9.17, 15) is 24.8 Å². The maximum absolute atomic E-state index is 12.9. The molecule has 2 rings (SSSR count). The topological polar surface area (TPSA) is 125 Å². The van der Waals surface area contributed by atoms with Gasteiger partial charge in [0.25, 0.3) is 5.69 Å². The number of Topliss-reactive ketones (excluding diaryl/α,β-unsaturated/α-hetero) is 1. The third kappa shape index (κ3) is 5.94. The largest absolute Gasteiger partial charge is 0.462 e. The minimum atomic E-state index is -1.35. The standard InChI is InChI=1S/C21H27NO8/c1-12(2)29-17-10-15(18(23)13-6-8-14(9-7-13)22(26)27)19(24)16(30-17)11-28-20(25)21(3,4)5/h6-10,12,16-18,23H,11H2,1-5H3/t16-,17+,18-/m1/s1. The first-order chi connectivity index (χ1) is 13.9. The number of carbonyl (C=O) groups is 2. The average Bonchev–Trinajstić information content (AvgIpc) is 2.66. The van der Waals surface area contributed by atoms with Gasteiger partial charge in [0.05, 0.1) is 16.4 Å². The van der Waals surface area contributed by atoms with Gasteiger partial charge in [0.1, 0.15) is 12.7 Å². The van der Waals surface area contributed by atoms with E-state index in [1.54, 1.807) is 34.6 Å². The van der Waals surface area contributed by atoms with Crippen molar-refractivity contribution in [3.05, 3.63) is 51.6 Å². The fourth-order valence-corrected chi connectivity index (χ4v) is 2.68. The Kier molecular flexibility index (Phi) is 7.46. The lowest BCUT2D eigenvalue weighted by Crippen LogP contribution is -2.42. The molecule has 0 saturated carbocycles. The first-order valence-electron chi connectivity index (χ1n) is 9.56. The number of ether oxygens (including phenoxy) is 3. The van der Waals surface area contributed by atoms with Gasteiger partial charge in [0, 0.05) is 17.7 Å². The molecule has 0 aromatic heterocycles. The van der Waals surface area contributed by atoms with Crippen LogP contribution in [0.1, 0.15) is 46.3 Å². The number of nitro groups is 1. The highest BCUT2D eigenvalue weighted by Crippen LogP contribution is 2.30.